The Morgan fingerprint density at radius 1 is 1.59 bits per heavy atom. The summed E-state index contributed by atoms with van der Waals surface area (Å²) in [5, 5.41) is 12.2. The average molecular weight is 231 g/mol. The van der Waals surface area contributed by atoms with Crippen LogP contribution in [0.4, 0.5) is 5.69 Å². The van der Waals surface area contributed by atoms with Crippen molar-refractivity contribution < 1.29 is 4.74 Å². The number of hydrogen-bond donors (Lipinski definition) is 1. The number of ether oxygens (including phenoxy) is 1. The van der Waals surface area contributed by atoms with E-state index in [9.17, 15) is 0 Å². The molecule has 1 aliphatic heterocycles. The second kappa shape index (κ2) is 5.07. The fraction of sp³-hybridized carbons (Fsp3) is 0.462. The molecule has 17 heavy (non-hydrogen) atoms. The number of fused-ring (bicyclic) bond motifs is 1. The Hall–Kier alpha value is -1.73. The summed E-state index contributed by atoms with van der Waals surface area (Å²) in [5.41, 5.74) is 1.62. The zero-order chi connectivity index (χ0) is 12.3. The molecule has 0 saturated carbocycles. The van der Waals surface area contributed by atoms with Gasteiger partial charge in [-0.3, -0.25) is 0 Å². The van der Waals surface area contributed by atoms with E-state index in [2.05, 4.69) is 23.3 Å². The zero-order valence-electron chi connectivity index (χ0n) is 10.2. The van der Waals surface area contributed by atoms with Gasteiger partial charge in [0.25, 0.3) is 0 Å². The van der Waals surface area contributed by atoms with E-state index in [1.165, 1.54) is 0 Å². The quantitative estimate of drug-likeness (QED) is 0.853. The summed E-state index contributed by atoms with van der Waals surface area (Å²) in [6.07, 6.45) is 1.03. The summed E-state index contributed by atoms with van der Waals surface area (Å²) >= 11 is 0. The smallest absolute Gasteiger partial charge is 0.160 e. The number of benzene rings is 1. The predicted molar refractivity (Wildman–Crippen MR) is 67.4 cm³/mol. The Morgan fingerprint density at radius 2 is 2.41 bits per heavy atom. The molecule has 90 valence electrons. The summed E-state index contributed by atoms with van der Waals surface area (Å²) in [5.74, 6) is 0.721. The minimum absolute atomic E-state index is 0.365. The molecule has 1 unspecified atom stereocenters. The van der Waals surface area contributed by atoms with Crippen LogP contribution in [0.2, 0.25) is 0 Å². The number of nitrogens with one attached hydrogen (secondary N) is 1. The summed E-state index contributed by atoms with van der Waals surface area (Å²) in [4.78, 5) is 2.21. The van der Waals surface area contributed by atoms with Crippen molar-refractivity contribution in [1.29, 1.82) is 5.26 Å². The van der Waals surface area contributed by atoms with Gasteiger partial charge in [0.05, 0.1) is 17.3 Å². The summed E-state index contributed by atoms with van der Waals surface area (Å²) < 4.78 is 5.73. The Labute approximate surface area is 102 Å². The van der Waals surface area contributed by atoms with E-state index in [0.29, 0.717) is 18.2 Å². The molecule has 1 heterocycles. The molecule has 0 aromatic heterocycles. The molecule has 1 aromatic rings. The Morgan fingerprint density at radius 3 is 3.12 bits per heavy atom. The monoisotopic (exact) mass is 231 g/mol. The van der Waals surface area contributed by atoms with Crippen LogP contribution in [-0.2, 0) is 0 Å². The third-order valence-corrected chi connectivity index (χ3v) is 3.19. The highest BCUT2D eigenvalue weighted by Gasteiger charge is 2.25. The van der Waals surface area contributed by atoms with Crippen molar-refractivity contribution in [3.8, 4) is 11.8 Å². The normalized spacial score (nSPS) is 18.2. The van der Waals surface area contributed by atoms with E-state index in [4.69, 9.17) is 10.00 Å². The van der Waals surface area contributed by atoms with Crippen molar-refractivity contribution in [2.24, 2.45) is 0 Å². The number of para-hydroxylation sites is 1. The molecule has 1 aromatic carbocycles. The third-order valence-electron chi connectivity index (χ3n) is 3.19. The first kappa shape index (κ1) is 11.7. The molecule has 0 spiro atoms. The number of hydrogen-bond acceptors (Lipinski definition) is 4. The van der Waals surface area contributed by atoms with Gasteiger partial charge < -0.3 is 15.0 Å². The van der Waals surface area contributed by atoms with Gasteiger partial charge in [0.15, 0.2) is 5.75 Å². The lowest BCUT2D eigenvalue weighted by Crippen LogP contribution is -2.42. The Balaban J connectivity index is 2.24. The zero-order valence-corrected chi connectivity index (χ0v) is 10.2. The topological polar surface area (TPSA) is 48.3 Å². The van der Waals surface area contributed by atoms with Gasteiger partial charge in [0.2, 0.25) is 0 Å². The van der Waals surface area contributed by atoms with Gasteiger partial charge in [0.1, 0.15) is 12.7 Å². The highest BCUT2D eigenvalue weighted by Crippen LogP contribution is 2.36. The van der Waals surface area contributed by atoms with Crippen molar-refractivity contribution in [3.63, 3.8) is 0 Å². The van der Waals surface area contributed by atoms with Crippen molar-refractivity contribution in [2.75, 3.05) is 32.1 Å². The van der Waals surface area contributed by atoms with Crippen LogP contribution in [0.3, 0.4) is 0 Å². The number of likely N-dealkylation sites (N-methyl/N-ethyl adjacent to an activating group) is 1. The molecule has 0 amide bonds. The first-order chi connectivity index (χ1) is 8.27. The second-order valence-corrected chi connectivity index (χ2v) is 4.23. The first-order valence-electron chi connectivity index (χ1n) is 5.81. The van der Waals surface area contributed by atoms with Crippen LogP contribution in [0.15, 0.2) is 18.2 Å². The van der Waals surface area contributed by atoms with Crippen LogP contribution in [0.25, 0.3) is 0 Å². The number of nitriles is 1. The maximum Gasteiger partial charge on any atom is 0.160 e. The SMILES string of the molecule is CNCCC1COc2c(C#N)cccc2N1C. The van der Waals surface area contributed by atoms with Gasteiger partial charge in [-0.25, -0.2) is 0 Å². The summed E-state index contributed by atoms with van der Waals surface area (Å²) in [7, 11) is 4.01. The number of anilines is 1. The predicted octanol–water partition coefficient (Wildman–Crippen LogP) is 1.36. The molecule has 0 saturated heterocycles. The van der Waals surface area contributed by atoms with Crippen LogP contribution < -0.4 is 15.0 Å². The highest BCUT2D eigenvalue weighted by atomic mass is 16.5. The lowest BCUT2D eigenvalue weighted by Gasteiger charge is -2.36. The Kier molecular flexibility index (Phi) is 3.50. The average Bonchev–Trinajstić information content (AvgIpc) is 2.37. The molecule has 4 nitrogen and oxygen atoms in total. The minimum atomic E-state index is 0.365. The molecule has 0 bridgehead atoms. The van der Waals surface area contributed by atoms with E-state index in [1.807, 2.05) is 19.2 Å². The van der Waals surface area contributed by atoms with Gasteiger partial charge in [-0.1, -0.05) is 6.07 Å². The molecule has 0 fully saturated rings. The van der Waals surface area contributed by atoms with E-state index < -0.39 is 0 Å². The van der Waals surface area contributed by atoms with Crippen LogP contribution in [0.5, 0.6) is 5.75 Å². The molecule has 1 aliphatic rings. The highest BCUT2D eigenvalue weighted by molar-refractivity contribution is 5.66. The van der Waals surface area contributed by atoms with Gasteiger partial charge in [0, 0.05) is 7.05 Å². The summed E-state index contributed by atoms with van der Waals surface area (Å²) in [6, 6.07) is 8.23. The number of rotatable bonds is 3. The second-order valence-electron chi connectivity index (χ2n) is 4.23. The minimum Gasteiger partial charge on any atom is -0.488 e. The van der Waals surface area contributed by atoms with Crippen molar-refractivity contribution >= 4 is 5.69 Å². The fourth-order valence-electron chi connectivity index (χ4n) is 2.12. The maximum absolute atomic E-state index is 9.03. The van der Waals surface area contributed by atoms with Crippen molar-refractivity contribution in [1.82, 2.24) is 5.32 Å². The van der Waals surface area contributed by atoms with Crippen LogP contribution >= 0.6 is 0 Å². The number of nitrogens with zero attached hydrogens (tertiary/aromatic N) is 2. The van der Waals surface area contributed by atoms with Crippen LogP contribution in [0, 0.1) is 11.3 Å². The van der Waals surface area contributed by atoms with Gasteiger partial charge in [-0.2, -0.15) is 5.26 Å². The van der Waals surface area contributed by atoms with E-state index in [-0.39, 0.29) is 0 Å². The first-order valence-corrected chi connectivity index (χ1v) is 5.81. The van der Waals surface area contributed by atoms with E-state index >= 15 is 0 Å². The van der Waals surface area contributed by atoms with E-state index in [1.54, 1.807) is 6.07 Å². The molecule has 0 radical (unpaired) electrons. The van der Waals surface area contributed by atoms with Crippen LogP contribution in [-0.4, -0.2) is 33.3 Å². The standard InChI is InChI=1S/C13H17N3O/c1-15-7-6-11-9-17-13-10(8-14)4-3-5-12(13)16(11)2/h3-5,11,15H,6-7,9H2,1-2H3. The molecule has 2 rings (SSSR count). The molecular weight excluding hydrogens is 214 g/mol. The van der Waals surface area contributed by atoms with Crippen molar-refractivity contribution in [2.45, 2.75) is 12.5 Å². The van der Waals surface area contributed by atoms with Gasteiger partial charge in [-0.05, 0) is 32.1 Å². The third kappa shape index (κ3) is 2.20. The largest absolute Gasteiger partial charge is 0.488 e. The lowest BCUT2D eigenvalue weighted by atomic mass is 10.1. The lowest BCUT2D eigenvalue weighted by molar-refractivity contribution is 0.259. The van der Waals surface area contributed by atoms with Gasteiger partial charge in [-0.15, -0.1) is 0 Å². The van der Waals surface area contributed by atoms with Crippen molar-refractivity contribution in [3.05, 3.63) is 23.8 Å². The van der Waals surface area contributed by atoms with E-state index in [0.717, 1.165) is 24.4 Å². The maximum atomic E-state index is 9.03. The molecule has 1 N–H and O–H groups in total. The Bertz CT molecular complexity index is 439. The molecule has 0 aliphatic carbocycles. The van der Waals surface area contributed by atoms with Gasteiger partial charge >= 0.3 is 0 Å². The molecular formula is C13H17N3O. The molecule has 1 atom stereocenters. The fourth-order valence-corrected chi connectivity index (χ4v) is 2.12. The summed E-state index contributed by atoms with van der Waals surface area (Å²) in [6.45, 7) is 1.61. The van der Waals surface area contributed by atoms with Crippen LogP contribution in [0.1, 0.15) is 12.0 Å². The molecule has 4 heteroatoms.